The average Bonchev–Trinajstić information content (AvgIpc) is 3.48. The Balaban J connectivity index is 1.07. The van der Waals surface area contributed by atoms with Crippen molar-refractivity contribution in [2.45, 2.75) is 22.8 Å². The van der Waals surface area contributed by atoms with Crippen LogP contribution in [0.15, 0.2) is 101 Å². The zero-order valence-electron chi connectivity index (χ0n) is 22.8. The number of thiophene rings is 1. The van der Waals surface area contributed by atoms with Crippen LogP contribution in [0.1, 0.15) is 11.3 Å². The molecule has 5 nitrogen and oxygen atoms in total. The molecule has 0 aliphatic carbocycles. The molecule has 1 aliphatic heterocycles. The van der Waals surface area contributed by atoms with Gasteiger partial charge < -0.3 is 15.4 Å². The predicted molar refractivity (Wildman–Crippen MR) is 174 cm³/mol. The lowest BCUT2D eigenvalue weighted by Gasteiger charge is -2.26. The number of ether oxygens (including phenoxy) is 1. The van der Waals surface area contributed by atoms with Crippen molar-refractivity contribution in [1.82, 2.24) is 15.2 Å². The highest BCUT2D eigenvalue weighted by molar-refractivity contribution is 7.99. The molecule has 2 aromatic heterocycles. The zero-order valence-corrected chi connectivity index (χ0v) is 25.2. The fourth-order valence-corrected chi connectivity index (χ4v) is 7.04. The number of pyridine rings is 1. The van der Waals surface area contributed by atoms with E-state index in [1.54, 1.807) is 11.8 Å². The number of nitrogens with zero attached hydrogens (tertiary/aromatic N) is 2. The molecule has 8 heteroatoms. The van der Waals surface area contributed by atoms with Gasteiger partial charge in [0.2, 0.25) is 0 Å². The maximum Gasteiger partial charge on any atom is 0.0729 e. The van der Waals surface area contributed by atoms with Crippen molar-refractivity contribution >= 4 is 57.0 Å². The summed E-state index contributed by atoms with van der Waals surface area (Å²) in [6, 6.07) is 29.4. The fraction of sp³-hybridized carbons (Fsp3) is 0.242. The lowest BCUT2D eigenvalue weighted by molar-refractivity contribution is 0.0374. The molecule has 6 rings (SSSR count). The Hall–Kier alpha value is -2.91. The van der Waals surface area contributed by atoms with Gasteiger partial charge in [-0.3, -0.25) is 9.88 Å². The molecule has 0 atom stereocenters. The maximum atomic E-state index is 6.65. The van der Waals surface area contributed by atoms with Crippen molar-refractivity contribution < 1.29 is 4.74 Å². The monoisotopic (exact) mass is 600 g/mol. The molecule has 3 heterocycles. The average molecular weight is 601 g/mol. The van der Waals surface area contributed by atoms with Gasteiger partial charge in [0.05, 0.1) is 23.8 Å². The molecule has 210 valence electrons. The Labute approximate surface area is 254 Å². The normalized spacial score (nSPS) is 14.0. The molecule has 0 radical (unpaired) electrons. The third-order valence-electron chi connectivity index (χ3n) is 7.10. The van der Waals surface area contributed by atoms with Crippen LogP contribution in [0.3, 0.4) is 0 Å². The third kappa shape index (κ3) is 7.49. The molecular formula is C33H33ClN4OS2. The van der Waals surface area contributed by atoms with Crippen LogP contribution >= 0.6 is 34.7 Å². The molecule has 1 fully saturated rings. The Bertz CT molecular complexity index is 1590. The number of benzene rings is 3. The molecule has 0 bridgehead atoms. The number of nitrogens with one attached hydrogen (secondary N) is 2. The minimum Gasteiger partial charge on any atom is -0.379 e. The number of hydrogen-bond acceptors (Lipinski definition) is 7. The summed E-state index contributed by atoms with van der Waals surface area (Å²) < 4.78 is 5.43. The fourth-order valence-electron chi connectivity index (χ4n) is 4.93. The predicted octanol–water partition coefficient (Wildman–Crippen LogP) is 8.32. The first-order chi connectivity index (χ1) is 20.2. The van der Waals surface area contributed by atoms with Crippen LogP contribution in [0.4, 0.5) is 11.4 Å². The summed E-state index contributed by atoms with van der Waals surface area (Å²) in [5, 5.41) is 8.96. The van der Waals surface area contributed by atoms with E-state index >= 15 is 0 Å². The molecule has 3 aromatic carbocycles. The zero-order chi connectivity index (χ0) is 27.9. The number of halogens is 1. The van der Waals surface area contributed by atoms with Gasteiger partial charge in [-0.2, -0.15) is 0 Å². The van der Waals surface area contributed by atoms with E-state index in [9.17, 15) is 0 Å². The number of hydrogen-bond donors (Lipinski definition) is 2. The van der Waals surface area contributed by atoms with E-state index in [2.05, 4.69) is 75.1 Å². The summed E-state index contributed by atoms with van der Waals surface area (Å²) in [4.78, 5) is 12.0. The van der Waals surface area contributed by atoms with Crippen molar-refractivity contribution in [3.63, 3.8) is 0 Å². The van der Waals surface area contributed by atoms with Gasteiger partial charge in [-0.1, -0.05) is 53.7 Å². The molecule has 41 heavy (non-hydrogen) atoms. The van der Waals surface area contributed by atoms with Gasteiger partial charge in [0.1, 0.15) is 0 Å². The summed E-state index contributed by atoms with van der Waals surface area (Å²) in [5.41, 5.74) is 4.11. The summed E-state index contributed by atoms with van der Waals surface area (Å²) in [5.74, 6) is 0. The third-order valence-corrected chi connectivity index (χ3v) is 9.74. The smallest absolute Gasteiger partial charge is 0.0729 e. The largest absolute Gasteiger partial charge is 0.379 e. The van der Waals surface area contributed by atoms with E-state index in [1.807, 2.05) is 47.9 Å². The van der Waals surface area contributed by atoms with Gasteiger partial charge in [0.15, 0.2) is 0 Å². The van der Waals surface area contributed by atoms with Crippen molar-refractivity contribution in [1.29, 1.82) is 0 Å². The van der Waals surface area contributed by atoms with E-state index in [-0.39, 0.29) is 0 Å². The molecule has 2 N–H and O–H groups in total. The Morgan fingerprint density at radius 2 is 1.83 bits per heavy atom. The SMILES string of the molecule is Clc1cc(Nc2ccnc3cc(-c4ccc(CNCCCN5CCOCC5)s4)ccc23)ccc1Sc1ccccc1. The standard InChI is InChI=1S/C33H33ClN4OS2/c34-29-22-25(8-11-33(29)40-26-5-2-1-3-6-26)37-30-13-15-36-31-21-24(7-10-28(30)31)32-12-9-27(41-32)23-35-14-4-16-38-17-19-39-20-18-38/h1-3,5-13,15,21-22,35H,4,14,16-20,23H2,(H,36,37). The number of anilines is 2. The molecule has 0 saturated carbocycles. The lowest BCUT2D eigenvalue weighted by Crippen LogP contribution is -2.37. The Morgan fingerprint density at radius 1 is 0.951 bits per heavy atom. The van der Waals surface area contributed by atoms with Gasteiger partial charge in [0.25, 0.3) is 0 Å². The van der Waals surface area contributed by atoms with Crippen LogP contribution in [0.25, 0.3) is 21.3 Å². The van der Waals surface area contributed by atoms with Crippen molar-refractivity contribution in [2.24, 2.45) is 0 Å². The second-order valence-electron chi connectivity index (χ2n) is 10.0. The van der Waals surface area contributed by atoms with E-state index in [4.69, 9.17) is 16.3 Å². The molecular weight excluding hydrogens is 568 g/mol. The van der Waals surface area contributed by atoms with Crippen LogP contribution < -0.4 is 10.6 Å². The van der Waals surface area contributed by atoms with Crippen LogP contribution in [0.5, 0.6) is 0 Å². The van der Waals surface area contributed by atoms with Crippen LogP contribution in [0.2, 0.25) is 5.02 Å². The summed E-state index contributed by atoms with van der Waals surface area (Å²) in [7, 11) is 0. The Morgan fingerprint density at radius 3 is 2.68 bits per heavy atom. The summed E-state index contributed by atoms with van der Waals surface area (Å²) in [6.45, 7) is 6.92. The quantitative estimate of drug-likeness (QED) is 0.149. The van der Waals surface area contributed by atoms with Gasteiger partial charge >= 0.3 is 0 Å². The molecule has 1 saturated heterocycles. The highest BCUT2D eigenvalue weighted by atomic mass is 35.5. The first-order valence-electron chi connectivity index (χ1n) is 14.0. The maximum absolute atomic E-state index is 6.65. The molecule has 0 spiro atoms. The summed E-state index contributed by atoms with van der Waals surface area (Å²) >= 11 is 10.2. The molecule has 5 aromatic rings. The highest BCUT2D eigenvalue weighted by Crippen LogP contribution is 2.37. The van der Waals surface area contributed by atoms with Crippen molar-refractivity contribution in [2.75, 3.05) is 44.7 Å². The first-order valence-corrected chi connectivity index (χ1v) is 16.0. The first kappa shape index (κ1) is 28.2. The number of morpholine rings is 1. The van der Waals surface area contributed by atoms with Crippen LogP contribution in [-0.4, -0.2) is 49.3 Å². The van der Waals surface area contributed by atoms with E-state index in [1.165, 1.54) is 20.2 Å². The van der Waals surface area contributed by atoms with Gasteiger partial charge in [-0.05, 0) is 79.7 Å². The number of aromatic nitrogens is 1. The van der Waals surface area contributed by atoms with E-state index in [0.717, 1.165) is 84.6 Å². The van der Waals surface area contributed by atoms with Gasteiger partial charge in [-0.15, -0.1) is 11.3 Å². The minimum atomic E-state index is 0.726. The second kappa shape index (κ2) is 13.8. The van der Waals surface area contributed by atoms with Crippen LogP contribution in [-0.2, 0) is 11.3 Å². The lowest BCUT2D eigenvalue weighted by atomic mass is 10.1. The molecule has 1 aliphatic rings. The molecule has 0 amide bonds. The second-order valence-corrected chi connectivity index (χ2v) is 12.7. The Kier molecular flexibility index (Phi) is 9.52. The number of fused-ring (bicyclic) bond motifs is 1. The van der Waals surface area contributed by atoms with E-state index in [0.29, 0.717) is 0 Å². The molecule has 0 unspecified atom stereocenters. The van der Waals surface area contributed by atoms with Gasteiger partial charge in [0, 0.05) is 62.1 Å². The topological polar surface area (TPSA) is 49.4 Å². The number of rotatable bonds is 11. The minimum absolute atomic E-state index is 0.726. The van der Waals surface area contributed by atoms with Crippen molar-refractivity contribution in [3.05, 3.63) is 101 Å². The van der Waals surface area contributed by atoms with Crippen LogP contribution in [0, 0.1) is 0 Å². The van der Waals surface area contributed by atoms with E-state index < -0.39 is 0 Å². The van der Waals surface area contributed by atoms with Crippen molar-refractivity contribution in [3.8, 4) is 10.4 Å². The summed E-state index contributed by atoms with van der Waals surface area (Å²) in [6.07, 6.45) is 3.02. The highest BCUT2D eigenvalue weighted by Gasteiger charge is 2.11. The van der Waals surface area contributed by atoms with Gasteiger partial charge in [-0.25, -0.2) is 0 Å².